The first kappa shape index (κ1) is 9.65. The standard InChI is InChI=1S/C12H9N3O2/c16-11-5-10(14-12(17)15-11)8-6-13-9-4-2-1-3-7(8)9/h1-6,13H,(H2,14,15,16,17). The third-order valence-electron chi connectivity index (χ3n) is 2.64. The van der Waals surface area contributed by atoms with E-state index in [-0.39, 0.29) is 0 Å². The van der Waals surface area contributed by atoms with Crippen molar-refractivity contribution in [2.45, 2.75) is 0 Å². The van der Waals surface area contributed by atoms with Gasteiger partial charge >= 0.3 is 5.69 Å². The number of hydrogen-bond acceptors (Lipinski definition) is 2. The van der Waals surface area contributed by atoms with Gasteiger partial charge in [-0.2, -0.15) is 0 Å². The first-order chi connectivity index (χ1) is 8.24. The minimum Gasteiger partial charge on any atom is -0.360 e. The predicted octanol–water partition coefficient (Wildman–Crippen LogP) is 1.21. The zero-order valence-electron chi connectivity index (χ0n) is 8.78. The van der Waals surface area contributed by atoms with E-state index >= 15 is 0 Å². The number of aromatic amines is 3. The van der Waals surface area contributed by atoms with Crippen LogP contribution in [0, 0.1) is 0 Å². The van der Waals surface area contributed by atoms with Crippen LogP contribution in [0.1, 0.15) is 0 Å². The predicted molar refractivity (Wildman–Crippen MR) is 65.0 cm³/mol. The van der Waals surface area contributed by atoms with E-state index in [0.717, 1.165) is 16.5 Å². The normalized spacial score (nSPS) is 10.8. The van der Waals surface area contributed by atoms with Crippen LogP contribution in [-0.4, -0.2) is 15.0 Å². The van der Waals surface area contributed by atoms with Crippen molar-refractivity contribution in [3.05, 3.63) is 57.4 Å². The number of rotatable bonds is 1. The van der Waals surface area contributed by atoms with E-state index in [0.29, 0.717) is 5.69 Å². The molecule has 0 spiro atoms. The van der Waals surface area contributed by atoms with Crippen LogP contribution in [-0.2, 0) is 0 Å². The van der Waals surface area contributed by atoms with Crippen LogP contribution >= 0.6 is 0 Å². The highest BCUT2D eigenvalue weighted by atomic mass is 16.2. The van der Waals surface area contributed by atoms with Crippen LogP contribution in [0.25, 0.3) is 22.2 Å². The minimum absolute atomic E-state index is 0.408. The second-order valence-electron chi connectivity index (χ2n) is 3.75. The number of benzene rings is 1. The fraction of sp³-hybridized carbons (Fsp3) is 0. The summed E-state index contributed by atoms with van der Waals surface area (Å²) in [5, 5.41) is 0.966. The van der Waals surface area contributed by atoms with Crippen molar-refractivity contribution in [2.75, 3.05) is 0 Å². The molecule has 0 aliphatic carbocycles. The smallest absolute Gasteiger partial charge is 0.326 e. The molecule has 2 aromatic heterocycles. The van der Waals surface area contributed by atoms with Crippen molar-refractivity contribution >= 4 is 10.9 Å². The minimum atomic E-state index is -0.502. The second kappa shape index (κ2) is 3.48. The van der Waals surface area contributed by atoms with Gasteiger partial charge in [0.15, 0.2) is 0 Å². The molecule has 0 aliphatic heterocycles. The number of hydrogen-bond donors (Lipinski definition) is 3. The van der Waals surface area contributed by atoms with E-state index < -0.39 is 11.2 Å². The van der Waals surface area contributed by atoms with Crippen LogP contribution in [0.2, 0.25) is 0 Å². The molecule has 0 bridgehead atoms. The van der Waals surface area contributed by atoms with E-state index in [1.165, 1.54) is 6.07 Å². The fourth-order valence-corrected chi connectivity index (χ4v) is 1.91. The first-order valence-electron chi connectivity index (χ1n) is 5.14. The van der Waals surface area contributed by atoms with Gasteiger partial charge in [-0.3, -0.25) is 9.78 Å². The number of H-pyrrole nitrogens is 3. The SMILES string of the molecule is O=c1cc(-c2c[nH]c3ccccc23)[nH]c(=O)[nH]1. The summed E-state index contributed by atoms with van der Waals surface area (Å²) in [5.74, 6) is 0. The van der Waals surface area contributed by atoms with E-state index in [2.05, 4.69) is 15.0 Å². The summed E-state index contributed by atoms with van der Waals surface area (Å²) in [6.07, 6.45) is 1.77. The van der Waals surface area contributed by atoms with E-state index in [9.17, 15) is 9.59 Å². The van der Waals surface area contributed by atoms with Crippen LogP contribution in [0.15, 0.2) is 46.1 Å². The molecule has 5 heteroatoms. The first-order valence-corrected chi connectivity index (χ1v) is 5.14. The molecule has 0 aliphatic rings. The molecule has 3 rings (SSSR count). The Balaban J connectivity index is 2.34. The summed E-state index contributed by atoms with van der Waals surface area (Å²) in [4.78, 5) is 30.3. The molecule has 0 radical (unpaired) electrons. The quantitative estimate of drug-likeness (QED) is 0.584. The molecule has 17 heavy (non-hydrogen) atoms. The van der Waals surface area contributed by atoms with Gasteiger partial charge in [0.2, 0.25) is 0 Å². The van der Waals surface area contributed by atoms with Crippen molar-refractivity contribution < 1.29 is 0 Å². The maximum Gasteiger partial charge on any atom is 0.326 e. The molecular weight excluding hydrogens is 218 g/mol. The molecule has 0 fully saturated rings. The van der Waals surface area contributed by atoms with Gasteiger partial charge in [-0.25, -0.2) is 4.79 Å². The van der Waals surface area contributed by atoms with E-state index in [1.807, 2.05) is 24.3 Å². The molecule has 3 N–H and O–H groups in total. The average Bonchev–Trinajstić information content (AvgIpc) is 2.71. The molecule has 3 aromatic rings. The molecule has 84 valence electrons. The lowest BCUT2D eigenvalue weighted by Gasteiger charge is -1.97. The van der Waals surface area contributed by atoms with Crippen LogP contribution in [0.5, 0.6) is 0 Å². The molecule has 2 heterocycles. The van der Waals surface area contributed by atoms with Gasteiger partial charge in [0.05, 0.1) is 5.69 Å². The van der Waals surface area contributed by atoms with Crippen molar-refractivity contribution in [1.82, 2.24) is 15.0 Å². The molecule has 0 atom stereocenters. The van der Waals surface area contributed by atoms with Crippen molar-refractivity contribution in [3.63, 3.8) is 0 Å². The van der Waals surface area contributed by atoms with Crippen molar-refractivity contribution in [2.24, 2.45) is 0 Å². The van der Waals surface area contributed by atoms with Crippen molar-refractivity contribution in [3.8, 4) is 11.3 Å². The van der Waals surface area contributed by atoms with Gasteiger partial charge in [-0.1, -0.05) is 18.2 Å². The molecule has 0 saturated carbocycles. The zero-order valence-corrected chi connectivity index (χ0v) is 8.78. The molecule has 0 saturated heterocycles. The Labute approximate surface area is 95.1 Å². The number of nitrogens with one attached hydrogen (secondary N) is 3. The van der Waals surface area contributed by atoms with Gasteiger partial charge in [-0.05, 0) is 6.07 Å². The summed E-state index contributed by atoms with van der Waals surface area (Å²) < 4.78 is 0. The maximum absolute atomic E-state index is 11.3. The second-order valence-corrected chi connectivity index (χ2v) is 3.75. The summed E-state index contributed by atoms with van der Waals surface area (Å²) in [6, 6.07) is 9.07. The van der Waals surface area contributed by atoms with Gasteiger partial charge in [-0.15, -0.1) is 0 Å². The highest BCUT2D eigenvalue weighted by molar-refractivity contribution is 5.94. The van der Waals surface area contributed by atoms with Crippen LogP contribution in [0.4, 0.5) is 0 Å². The zero-order chi connectivity index (χ0) is 11.8. The Morgan fingerprint density at radius 1 is 1.00 bits per heavy atom. The van der Waals surface area contributed by atoms with Crippen molar-refractivity contribution in [1.29, 1.82) is 0 Å². The maximum atomic E-state index is 11.3. The van der Waals surface area contributed by atoms with Gasteiger partial charge in [0.25, 0.3) is 5.56 Å². The van der Waals surface area contributed by atoms with E-state index in [4.69, 9.17) is 0 Å². The fourth-order valence-electron chi connectivity index (χ4n) is 1.91. The lowest BCUT2D eigenvalue weighted by molar-refractivity contribution is 1.04. The molecule has 5 nitrogen and oxygen atoms in total. The lowest BCUT2D eigenvalue weighted by Crippen LogP contribution is -2.21. The van der Waals surface area contributed by atoms with Gasteiger partial charge < -0.3 is 9.97 Å². The Bertz CT molecular complexity index is 767. The van der Waals surface area contributed by atoms with Crippen LogP contribution in [0.3, 0.4) is 0 Å². The topological polar surface area (TPSA) is 81.5 Å². The Morgan fingerprint density at radius 2 is 1.82 bits per heavy atom. The largest absolute Gasteiger partial charge is 0.360 e. The summed E-state index contributed by atoms with van der Waals surface area (Å²) >= 11 is 0. The van der Waals surface area contributed by atoms with Crippen LogP contribution < -0.4 is 11.2 Å². The highest BCUT2D eigenvalue weighted by Gasteiger charge is 2.06. The Kier molecular flexibility index (Phi) is 1.98. The summed E-state index contributed by atoms with van der Waals surface area (Å²) in [5.41, 5.74) is 1.37. The number of fused-ring (bicyclic) bond motifs is 1. The Morgan fingerprint density at radius 3 is 2.65 bits per heavy atom. The molecule has 0 amide bonds. The highest BCUT2D eigenvalue weighted by Crippen LogP contribution is 2.25. The van der Waals surface area contributed by atoms with Gasteiger partial charge in [0.1, 0.15) is 0 Å². The molecular formula is C12H9N3O2. The summed E-state index contributed by atoms with van der Waals surface area (Å²) in [7, 11) is 0. The average molecular weight is 227 g/mol. The summed E-state index contributed by atoms with van der Waals surface area (Å²) in [6.45, 7) is 0. The number of para-hydroxylation sites is 1. The third-order valence-corrected chi connectivity index (χ3v) is 2.64. The van der Waals surface area contributed by atoms with Gasteiger partial charge in [0, 0.05) is 28.7 Å². The number of aromatic nitrogens is 3. The monoisotopic (exact) mass is 227 g/mol. The third kappa shape index (κ3) is 1.57. The van der Waals surface area contributed by atoms with E-state index in [1.54, 1.807) is 6.20 Å². The molecule has 0 unspecified atom stereocenters. The Hall–Kier alpha value is -2.56. The lowest BCUT2D eigenvalue weighted by atomic mass is 10.1. The molecule has 1 aromatic carbocycles.